The van der Waals surface area contributed by atoms with Crippen molar-refractivity contribution in [2.75, 3.05) is 24.3 Å². The normalized spacial score (nSPS) is 31.4. The molecule has 2 saturated heterocycles. The average molecular weight is 781 g/mol. The number of anilines is 1. The first-order valence-electron chi connectivity index (χ1n) is 17.8. The van der Waals surface area contributed by atoms with Crippen LogP contribution >= 0.6 is 23.4 Å². The molecule has 0 spiro atoms. The van der Waals surface area contributed by atoms with Crippen LogP contribution in [0.5, 0.6) is 0 Å². The summed E-state index contributed by atoms with van der Waals surface area (Å²) < 4.78 is 17.8. The monoisotopic (exact) mass is 780 g/mol. The van der Waals surface area contributed by atoms with Crippen molar-refractivity contribution in [2.45, 2.75) is 115 Å². The van der Waals surface area contributed by atoms with E-state index in [-0.39, 0.29) is 30.9 Å². The molecule has 3 aliphatic rings. The van der Waals surface area contributed by atoms with E-state index in [1.165, 1.54) is 18.9 Å². The van der Waals surface area contributed by atoms with E-state index < -0.39 is 78.0 Å². The maximum absolute atomic E-state index is 14.1. The van der Waals surface area contributed by atoms with Crippen LogP contribution in [0.15, 0.2) is 35.9 Å². The predicted molar refractivity (Wildman–Crippen MR) is 201 cm³/mol. The minimum absolute atomic E-state index is 0.106. The number of epoxide rings is 1. The molecule has 0 aromatic heterocycles. The summed E-state index contributed by atoms with van der Waals surface area (Å²) in [7, 11) is 1.53. The fourth-order valence-electron chi connectivity index (χ4n) is 6.77. The number of alkyl carbamates (subject to hydrolysis) is 1. The molecule has 2 fully saturated rings. The molecule has 16 heteroatoms. The van der Waals surface area contributed by atoms with Crippen molar-refractivity contribution in [2.24, 2.45) is 17.7 Å². The Morgan fingerprint density at radius 2 is 1.94 bits per heavy atom. The second kappa shape index (κ2) is 17.5. The molecule has 0 radical (unpaired) electrons. The second-order valence-corrected chi connectivity index (χ2v) is 16.7. The van der Waals surface area contributed by atoms with E-state index in [1.54, 1.807) is 56.0 Å². The molecule has 6 N–H and O–H groups in total. The molecular weight excluding hydrogens is 728 g/mol. The third kappa shape index (κ3) is 9.93. The summed E-state index contributed by atoms with van der Waals surface area (Å²) in [5.74, 6) is 3.32. The Bertz CT molecular complexity index is 1610. The SMILES string of the molecule is C/C1=C\C=C\[C@@H](CO)[C@@]2(O)C[C@H](OC(=O)N2)[C@@H](C)[C@@H]2O[C@@]2(C)[C@@H](OC(=O)[C@@H](C)N(N)C(=O)CCSC(C)C)CC(=O)N(C)c2cc(cc(CO)c2Cl)C1. The van der Waals surface area contributed by atoms with E-state index in [2.05, 4.69) is 5.32 Å². The van der Waals surface area contributed by atoms with E-state index in [4.69, 9.17) is 31.7 Å². The number of hydrogen-bond acceptors (Lipinski definition) is 12. The molecule has 0 aliphatic carbocycles. The molecule has 3 heterocycles. The molecular formula is C37H53ClN4O10S. The van der Waals surface area contributed by atoms with Crippen LogP contribution in [-0.4, -0.2) is 105 Å². The van der Waals surface area contributed by atoms with Crippen LogP contribution in [-0.2, 0) is 41.6 Å². The highest BCUT2D eigenvalue weighted by Crippen LogP contribution is 2.49. The number of amides is 3. The minimum Gasteiger partial charge on any atom is -0.457 e. The Morgan fingerprint density at radius 1 is 1.25 bits per heavy atom. The number of hydrazine groups is 1. The lowest BCUT2D eigenvalue weighted by Gasteiger charge is -2.42. The number of aliphatic hydroxyl groups excluding tert-OH is 2. The number of fused-ring (bicyclic) bond motifs is 5. The molecule has 294 valence electrons. The van der Waals surface area contributed by atoms with Crippen LogP contribution in [0.3, 0.4) is 0 Å². The summed E-state index contributed by atoms with van der Waals surface area (Å²) in [4.78, 5) is 54.7. The number of halogens is 1. The van der Waals surface area contributed by atoms with Gasteiger partial charge in [0.15, 0.2) is 5.72 Å². The summed E-state index contributed by atoms with van der Waals surface area (Å²) in [6, 6.07) is 2.28. The Morgan fingerprint density at radius 3 is 2.58 bits per heavy atom. The van der Waals surface area contributed by atoms with Crippen molar-refractivity contribution < 1.29 is 48.7 Å². The molecule has 0 saturated carbocycles. The van der Waals surface area contributed by atoms with E-state index in [9.17, 15) is 34.5 Å². The van der Waals surface area contributed by atoms with Gasteiger partial charge in [0.05, 0.1) is 36.4 Å². The van der Waals surface area contributed by atoms with Gasteiger partial charge in [0, 0.05) is 37.5 Å². The number of nitrogens with zero attached hydrogens (tertiary/aromatic N) is 2. The standard InChI is InChI=1S/C37H53ClN4O10S/c1-20(2)53-12-11-30(45)42(39)23(5)34(47)51-29-16-31(46)41(7)27-15-24(14-25(18-43)32(27)38)13-21(3)9-8-10-26(19-44)37(49)17-28(50-35(48)40-37)22(4)33-36(29,6)52-33/h8-10,14-15,20,22-23,26,28-29,33,43-44,49H,11-13,16-19,39H2,1-7H3,(H,40,48)/b10-8+,21-9+/t22-,23-,26+,28+,29+,33+,36+,37+/m1/s1. The Hall–Kier alpha value is -3.18. The van der Waals surface area contributed by atoms with Gasteiger partial charge in [-0.2, -0.15) is 11.8 Å². The smallest absolute Gasteiger partial charge is 0.409 e. The third-order valence-corrected chi connectivity index (χ3v) is 11.8. The van der Waals surface area contributed by atoms with Gasteiger partial charge >= 0.3 is 12.1 Å². The first kappa shape index (κ1) is 42.6. The van der Waals surface area contributed by atoms with Crippen molar-refractivity contribution in [3.8, 4) is 0 Å². The van der Waals surface area contributed by atoms with Gasteiger partial charge in [0.2, 0.25) is 11.8 Å². The molecule has 53 heavy (non-hydrogen) atoms. The summed E-state index contributed by atoms with van der Waals surface area (Å²) in [6.45, 7) is 9.88. The van der Waals surface area contributed by atoms with Gasteiger partial charge < -0.3 is 34.4 Å². The maximum Gasteiger partial charge on any atom is 0.409 e. The molecule has 4 rings (SSSR count). The Balaban J connectivity index is 1.73. The zero-order valence-corrected chi connectivity index (χ0v) is 32.9. The van der Waals surface area contributed by atoms with Crippen LogP contribution in [0.2, 0.25) is 5.02 Å². The predicted octanol–water partition coefficient (Wildman–Crippen LogP) is 3.37. The number of carbonyl (C=O) groups excluding carboxylic acids is 4. The number of benzene rings is 1. The fourth-order valence-corrected chi connectivity index (χ4v) is 7.83. The topological polar surface area (TPSA) is 204 Å². The molecule has 14 nitrogen and oxygen atoms in total. The second-order valence-electron chi connectivity index (χ2n) is 14.6. The number of aliphatic hydroxyl groups is 3. The third-order valence-electron chi connectivity index (χ3n) is 10.2. The van der Waals surface area contributed by atoms with Crippen molar-refractivity contribution in [3.05, 3.63) is 52.1 Å². The molecule has 1 aromatic rings. The minimum atomic E-state index is -1.87. The van der Waals surface area contributed by atoms with Crippen molar-refractivity contribution in [3.63, 3.8) is 0 Å². The van der Waals surface area contributed by atoms with Crippen LogP contribution < -0.4 is 16.1 Å². The Kier molecular flexibility index (Phi) is 14.1. The van der Waals surface area contributed by atoms with Crippen molar-refractivity contribution in [1.82, 2.24) is 10.3 Å². The zero-order chi connectivity index (χ0) is 39.4. The molecule has 3 aliphatic heterocycles. The number of esters is 1. The molecule has 3 amide bonds. The lowest BCUT2D eigenvalue weighted by Crippen LogP contribution is -2.62. The van der Waals surface area contributed by atoms with Gasteiger partial charge in [0.1, 0.15) is 23.9 Å². The lowest BCUT2D eigenvalue weighted by molar-refractivity contribution is -0.163. The lowest BCUT2D eigenvalue weighted by atomic mass is 9.81. The maximum atomic E-state index is 14.1. The van der Waals surface area contributed by atoms with Crippen LogP contribution in [0.25, 0.3) is 0 Å². The summed E-state index contributed by atoms with van der Waals surface area (Å²) >= 11 is 8.29. The zero-order valence-electron chi connectivity index (χ0n) is 31.3. The molecule has 8 atom stereocenters. The van der Waals surface area contributed by atoms with E-state index in [0.717, 1.165) is 16.1 Å². The highest BCUT2D eigenvalue weighted by Gasteiger charge is 2.64. The highest BCUT2D eigenvalue weighted by atomic mass is 35.5. The number of thioether (sulfide) groups is 1. The van der Waals surface area contributed by atoms with E-state index >= 15 is 0 Å². The molecule has 4 bridgehead atoms. The van der Waals surface area contributed by atoms with Gasteiger partial charge in [-0.25, -0.2) is 15.4 Å². The van der Waals surface area contributed by atoms with E-state index in [0.29, 0.717) is 28.7 Å². The summed E-state index contributed by atoms with van der Waals surface area (Å²) in [5, 5.41) is 35.9. The van der Waals surface area contributed by atoms with E-state index in [1.807, 2.05) is 20.8 Å². The average Bonchev–Trinajstić information content (AvgIpc) is 3.79. The first-order chi connectivity index (χ1) is 24.8. The molecule has 1 aromatic carbocycles. The van der Waals surface area contributed by atoms with Gasteiger partial charge in [-0.3, -0.25) is 19.9 Å². The largest absolute Gasteiger partial charge is 0.457 e. The number of ether oxygens (including phenoxy) is 3. The summed E-state index contributed by atoms with van der Waals surface area (Å²) in [5.41, 5.74) is -0.804. The highest BCUT2D eigenvalue weighted by molar-refractivity contribution is 7.99. The van der Waals surface area contributed by atoms with Crippen molar-refractivity contribution >= 4 is 52.9 Å². The van der Waals surface area contributed by atoms with Gasteiger partial charge in [-0.05, 0) is 49.6 Å². The number of nitrogens with two attached hydrogens (primary N) is 1. The fraction of sp³-hybridized carbons (Fsp3) is 0.622. The summed E-state index contributed by atoms with van der Waals surface area (Å²) in [6.07, 6.45) is 1.41. The van der Waals surface area contributed by atoms with Gasteiger partial charge in [-0.1, -0.05) is 62.2 Å². The van der Waals surface area contributed by atoms with Gasteiger partial charge in [-0.15, -0.1) is 0 Å². The number of hydrogen-bond donors (Lipinski definition) is 5. The van der Waals surface area contributed by atoms with Gasteiger partial charge in [0.25, 0.3) is 0 Å². The quantitative estimate of drug-likeness (QED) is 0.0805. The van der Waals surface area contributed by atoms with Crippen LogP contribution in [0, 0.1) is 11.8 Å². The van der Waals surface area contributed by atoms with Crippen LogP contribution in [0.1, 0.15) is 71.9 Å². The molecule has 0 unspecified atom stereocenters. The number of carbonyl (C=O) groups is 4. The number of allylic oxidation sites excluding steroid dienone is 3. The van der Waals surface area contributed by atoms with Crippen molar-refractivity contribution in [1.29, 1.82) is 0 Å². The first-order valence-corrected chi connectivity index (χ1v) is 19.2. The number of rotatable bonds is 9. The Labute approximate surface area is 320 Å². The number of nitrogens with one attached hydrogen (secondary N) is 1. The van der Waals surface area contributed by atoms with Crippen LogP contribution in [0.4, 0.5) is 10.5 Å².